The van der Waals surface area contributed by atoms with Crippen molar-refractivity contribution in [3.8, 4) is 11.8 Å². The molecule has 0 amide bonds. The smallest absolute Gasteiger partial charge is 0.119 e. The highest BCUT2D eigenvalue weighted by molar-refractivity contribution is 5.29. The normalized spacial score (nSPS) is 12.2. The van der Waals surface area contributed by atoms with Crippen LogP contribution < -0.4 is 4.74 Å². The van der Waals surface area contributed by atoms with Crippen LogP contribution in [0.15, 0.2) is 24.3 Å². The molecule has 16 heavy (non-hydrogen) atoms. The van der Waals surface area contributed by atoms with Crippen LogP contribution in [0.5, 0.6) is 5.75 Å². The van der Waals surface area contributed by atoms with Gasteiger partial charge < -0.3 is 4.74 Å². The van der Waals surface area contributed by atoms with Crippen molar-refractivity contribution < 1.29 is 4.74 Å². The van der Waals surface area contributed by atoms with E-state index in [-0.39, 0.29) is 6.10 Å². The molecule has 0 aliphatic heterocycles. The highest BCUT2D eigenvalue weighted by Crippen LogP contribution is 2.23. The quantitative estimate of drug-likeness (QED) is 0.749. The van der Waals surface area contributed by atoms with Gasteiger partial charge in [-0.3, -0.25) is 0 Å². The molecular weight excluding hydrogens is 198 g/mol. The molecule has 1 aromatic carbocycles. The summed E-state index contributed by atoms with van der Waals surface area (Å²) in [5.41, 5.74) is 1.27. The Kier molecular flexibility index (Phi) is 4.85. The maximum atomic E-state index is 8.54. The second-order valence-electron chi connectivity index (χ2n) is 4.33. The molecule has 2 nitrogen and oxygen atoms in total. The summed E-state index contributed by atoms with van der Waals surface area (Å²) >= 11 is 0. The van der Waals surface area contributed by atoms with E-state index in [4.69, 9.17) is 10.00 Å². The highest BCUT2D eigenvalue weighted by Gasteiger charge is 2.05. The van der Waals surface area contributed by atoms with E-state index in [0.29, 0.717) is 12.3 Å². The molecule has 0 fully saturated rings. The number of nitriles is 1. The summed E-state index contributed by atoms with van der Waals surface area (Å²) in [6.45, 7) is 6.18. The molecular formula is C14H19NO. The van der Waals surface area contributed by atoms with E-state index in [9.17, 15) is 0 Å². The predicted molar refractivity (Wildman–Crippen MR) is 65.5 cm³/mol. The Balaban J connectivity index is 2.60. The van der Waals surface area contributed by atoms with E-state index in [1.54, 1.807) is 0 Å². The number of nitrogens with zero attached hydrogens (tertiary/aromatic N) is 1. The number of hydrogen-bond donors (Lipinski definition) is 0. The first-order chi connectivity index (χ1) is 7.63. The minimum atomic E-state index is 0.210. The van der Waals surface area contributed by atoms with Crippen LogP contribution in [-0.2, 0) is 0 Å². The molecule has 0 N–H and O–H groups in total. The Bertz CT molecular complexity index is 348. The lowest BCUT2D eigenvalue weighted by Crippen LogP contribution is -2.05. The van der Waals surface area contributed by atoms with Crippen LogP contribution in [0, 0.1) is 11.3 Å². The molecule has 86 valence electrons. The van der Waals surface area contributed by atoms with E-state index in [2.05, 4.69) is 25.1 Å². The van der Waals surface area contributed by atoms with Crippen LogP contribution in [0.2, 0.25) is 0 Å². The lowest BCUT2D eigenvalue weighted by Gasteiger charge is -2.13. The first kappa shape index (κ1) is 12.6. The van der Waals surface area contributed by atoms with Gasteiger partial charge in [0.25, 0.3) is 0 Å². The van der Waals surface area contributed by atoms with Crippen molar-refractivity contribution >= 4 is 0 Å². The fourth-order valence-electron chi connectivity index (χ4n) is 1.59. The van der Waals surface area contributed by atoms with Crippen LogP contribution in [0.25, 0.3) is 0 Å². The van der Waals surface area contributed by atoms with Crippen LogP contribution in [0.1, 0.15) is 45.1 Å². The van der Waals surface area contributed by atoms with E-state index >= 15 is 0 Å². The summed E-state index contributed by atoms with van der Waals surface area (Å²) in [6.07, 6.45) is 1.74. The second kappa shape index (κ2) is 6.17. The van der Waals surface area contributed by atoms with Gasteiger partial charge in [-0.15, -0.1) is 0 Å². The largest absolute Gasteiger partial charge is 0.491 e. The molecule has 1 unspecified atom stereocenters. The van der Waals surface area contributed by atoms with Crippen molar-refractivity contribution in [3.05, 3.63) is 29.8 Å². The zero-order valence-corrected chi connectivity index (χ0v) is 10.2. The summed E-state index contributed by atoms with van der Waals surface area (Å²) in [4.78, 5) is 0. The summed E-state index contributed by atoms with van der Waals surface area (Å²) in [7, 11) is 0. The molecule has 0 aliphatic rings. The minimum Gasteiger partial charge on any atom is -0.491 e. The predicted octanol–water partition coefficient (Wildman–Crippen LogP) is 3.88. The third kappa shape index (κ3) is 3.94. The Morgan fingerprint density at radius 1 is 1.19 bits per heavy atom. The summed E-state index contributed by atoms with van der Waals surface area (Å²) in [6, 6.07) is 10.3. The van der Waals surface area contributed by atoms with Crippen molar-refractivity contribution in [1.29, 1.82) is 5.26 Å². The summed E-state index contributed by atoms with van der Waals surface area (Å²) in [5.74, 6) is 1.35. The molecule has 0 spiro atoms. The Labute approximate surface area is 97.9 Å². The fourth-order valence-corrected chi connectivity index (χ4v) is 1.59. The SMILES string of the molecule is CC(C)Oc1ccc(C(C)CCC#N)cc1. The van der Waals surface area contributed by atoms with E-state index in [0.717, 1.165) is 12.2 Å². The van der Waals surface area contributed by atoms with E-state index < -0.39 is 0 Å². The fraction of sp³-hybridized carbons (Fsp3) is 0.500. The van der Waals surface area contributed by atoms with Gasteiger partial charge in [-0.2, -0.15) is 5.26 Å². The van der Waals surface area contributed by atoms with Crippen molar-refractivity contribution in [3.63, 3.8) is 0 Å². The zero-order chi connectivity index (χ0) is 12.0. The third-order valence-electron chi connectivity index (χ3n) is 2.51. The summed E-state index contributed by atoms with van der Waals surface area (Å²) < 4.78 is 5.58. The molecule has 0 radical (unpaired) electrons. The van der Waals surface area contributed by atoms with Gasteiger partial charge in [0.1, 0.15) is 5.75 Å². The van der Waals surface area contributed by atoms with Gasteiger partial charge in [0, 0.05) is 6.42 Å². The molecule has 0 heterocycles. The Morgan fingerprint density at radius 3 is 2.31 bits per heavy atom. The van der Waals surface area contributed by atoms with E-state index in [1.807, 2.05) is 26.0 Å². The second-order valence-corrected chi connectivity index (χ2v) is 4.33. The summed E-state index contributed by atoms with van der Waals surface area (Å²) in [5, 5.41) is 8.54. The van der Waals surface area contributed by atoms with Gasteiger partial charge in [-0.05, 0) is 43.9 Å². The van der Waals surface area contributed by atoms with Crippen LogP contribution in [0.4, 0.5) is 0 Å². The zero-order valence-electron chi connectivity index (χ0n) is 10.2. The third-order valence-corrected chi connectivity index (χ3v) is 2.51. The average Bonchev–Trinajstić information content (AvgIpc) is 2.26. The van der Waals surface area contributed by atoms with Crippen molar-refractivity contribution in [2.24, 2.45) is 0 Å². The average molecular weight is 217 g/mol. The lowest BCUT2D eigenvalue weighted by molar-refractivity contribution is 0.242. The van der Waals surface area contributed by atoms with Crippen molar-refractivity contribution in [2.75, 3.05) is 0 Å². The van der Waals surface area contributed by atoms with E-state index in [1.165, 1.54) is 5.56 Å². The molecule has 0 aliphatic carbocycles. The minimum absolute atomic E-state index is 0.210. The molecule has 1 rings (SSSR count). The number of rotatable bonds is 5. The monoisotopic (exact) mass is 217 g/mol. The maximum absolute atomic E-state index is 8.54. The van der Waals surface area contributed by atoms with Crippen molar-refractivity contribution in [1.82, 2.24) is 0 Å². The number of benzene rings is 1. The molecule has 0 saturated carbocycles. The van der Waals surface area contributed by atoms with Gasteiger partial charge >= 0.3 is 0 Å². The standard InChI is InChI=1S/C14H19NO/c1-11(2)16-14-8-6-13(7-9-14)12(3)5-4-10-15/h6-9,11-12H,4-5H2,1-3H3. The topological polar surface area (TPSA) is 33.0 Å². The molecule has 1 aromatic rings. The van der Waals surface area contributed by atoms with Gasteiger partial charge in [-0.25, -0.2) is 0 Å². The van der Waals surface area contributed by atoms with Crippen LogP contribution >= 0.6 is 0 Å². The molecule has 0 saturated heterocycles. The molecule has 2 heteroatoms. The molecule has 0 bridgehead atoms. The van der Waals surface area contributed by atoms with Gasteiger partial charge in [0.2, 0.25) is 0 Å². The highest BCUT2D eigenvalue weighted by atomic mass is 16.5. The molecule has 0 aromatic heterocycles. The van der Waals surface area contributed by atoms with Crippen LogP contribution in [-0.4, -0.2) is 6.10 Å². The lowest BCUT2D eigenvalue weighted by atomic mass is 9.96. The van der Waals surface area contributed by atoms with Crippen molar-refractivity contribution in [2.45, 2.75) is 45.6 Å². The number of hydrogen-bond acceptors (Lipinski definition) is 2. The molecule has 1 atom stereocenters. The van der Waals surface area contributed by atoms with Gasteiger partial charge in [-0.1, -0.05) is 19.1 Å². The first-order valence-electron chi connectivity index (χ1n) is 5.77. The maximum Gasteiger partial charge on any atom is 0.119 e. The Morgan fingerprint density at radius 2 is 1.81 bits per heavy atom. The van der Waals surface area contributed by atoms with Crippen LogP contribution in [0.3, 0.4) is 0 Å². The Hall–Kier alpha value is -1.49. The first-order valence-corrected chi connectivity index (χ1v) is 5.77. The van der Waals surface area contributed by atoms with Gasteiger partial charge in [0.05, 0.1) is 12.2 Å². The number of ether oxygens (including phenoxy) is 1. The van der Waals surface area contributed by atoms with Gasteiger partial charge in [0.15, 0.2) is 0 Å².